The molecule has 4 heteroatoms. The third-order valence-corrected chi connectivity index (χ3v) is 4.37. The molecule has 1 amide bonds. The molecule has 1 aromatic rings. The molecule has 2 N–H and O–H groups in total. The van der Waals surface area contributed by atoms with Gasteiger partial charge in [-0.1, -0.05) is 62.4 Å². The van der Waals surface area contributed by atoms with Crippen LogP contribution in [0.15, 0.2) is 30.3 Å². The van der Waals surface area contributed by atoms with Crippen LogP contribution in [0.1, 0.15) is 50.5 Å². The van der Waals surface area contributed by atoms with Gasteiger partial charge in [-0.3, -0.25) is 4.79 Å². The predicted octanol–water partition coefficient (Wildman–Crippen LogP) is 3.16. The van der Waals surface area contributed by atoms with Gasteiger partial charge in [-0.15, -0.1) is 0 Å². The Morgan fingerprint density at radius 1 is 1.05 bits per heavy atom. The van der Waals surface area contributed by atoms with Crippen molar-refractivity contribution in [2.24, 2.45) is 5.92 Å². The minimum atomic E-state index is -0.969. The minimum absolute atomic E-state index is 0.0297. The maximum atomic E-state index is 12.4. The molecule has 0 radical (unpaired) electrons. The maximum Gasteiger partial charge on any atom is 0.326 e. The lowest BCUT2D eigenvalue weighted by molar-refractivity contribution is -0.142. The predicted molar refractivity (Wildman–Crippen MR) is 85.5 cm³/mol. The Morgan fingerprint density at radius 3 is 2.23 bits per heavy atom. The van der Waals surface area contributed by atoms with Crippen LogP contribution in [-0.4, -0.2) is 23.0 Å². The van der Waals surface area contributed by atoms with Gasteiger partial charge in [-0.2, -0.15) is 0 Å². The molecule has 0 unspecified atom stereocenters. The number of benzene rings is 1. The first kappa shape index (κ1) is 16.5. The highest BCUT2D eigenvalue weighted by Gasteiger charge is 2.25. The summed E-state index contributed by atoms with van der Waals surface area (Å²) < 4.78 is 0. The Kier molecular flexibility index (Phi) is 6.44. The topological polar surface area (TPSA) is 66.4 Å². The van der Waals surface area contributed by atoms with Gasteiger partial charge in [0.15, 0.2) is 0 Å². The Balaban J connectivity index is 1.94. The molecular weight excluding hydrogens is 278 g/mol. The standard InChI is InChI=1S/C18H25NO3/c20-17(15-11-7-2-1-3-8-12-15)19-16(18(21)22)13-14-9-5-4-6-10-14/h4-6,9-10,15-16H,1-3,7-8,11-13H2,(H,19,20)(H,21,22)/t16-/m1/s1. The van der Waals surface area contributed by atoms with Gasteiger partial charge >= 0.3 is 5.97 Å². The Labute approximate surface area is 131 Å². The van der Waals surface area contributed by atoms with Crippen LogP contribution in [-0.2, 0) is 16.0 Å². The summed E-state index contributed by atoms with van der Waals surface area (Å²) in [5.41, 5.74) is 0.924. The molecule has 0 heterocycles. The smallest absolute Gasteiger partial charge is 0.326 e. The second-order valence-electron chi connectivity index (χ2n) is 6.13. The second kappa shape index (κ2) is 8.57. The number of amides is 1. The van der Waals surface area contributed by atoms with Crippen LogP contribution >= 0.6 is 0 Å². The van der Waals surface area contributed by atoms with E-state index in [9.17, 15) is 14.7 Å². The molecule has 0 spiro atoms. The first-order valence-corrected chi connectivity index (χ1v) is 8.24. The van der Waals surface area contributed by atoms with Crippen LogP contribution in [0.2, 0.25) is 0 Å². The first-order valence-electron chi connectivity index (χ1n) is 8.24. The number of carboxylic acids is 1. The molecule has 2 rings (SSSR count). The van der Waals surface area contributed by atoms with Gasteiger partial charge in [0.05, 0.1) is 0 Å². The third kappa shape index (κ3) is 5.17. The number of hydrogen-bond acceptors (Lipinski definition) is 2. The monoisotopic (exact) mass is 303 g/mol. The minimum Gasteiger partial charge on any atom is -0.480 e. The molecule has 1 saturated carbocycles. The molecule has 0 aliphatic heterocycles. The number of hydrogen-bond donors (Lipinski definition) is 2. The number of nitrogens with one attached hydrogen (secondary N) is 1. The van der Waals surface area contributed by atoms with Gasteiger partial charge in [0.2, 0.25) is 5.91 Å². The summed E-state index contributed by atoms with van der Waals surface area (Å²) >= 11 is 0. The van der Waals surface area contributed by atoms with E-state index in [1.54, 1.807) is 0 Å². The van der Waals surface area contributed by atoms with Crippen molar-refractivity contribution in [1.82, 2.24) is 5.32 Å². The van der Waals surface area contributed by atoms with E-state index in [4.69, 9.17) is 0 Å². The van der Waals surface area contributed by atoms with Gasteiger partial charge < -0.3 is 10.4 Å². The fraction of sp³-hybridized carbons (Fsp3) is 0.556. The quantitative estimate of drug-likeness (QED) is 0.878. The van der Waals surface area contributed by atoms with Gasteiger partial charge in [0.1, 0.15) is 6.04 Å². The fourth-order valence-electron chi connectivity index (χ4n) is 3.06. The normalized spacial score (nSPS) is 18.0. The lowest BCUT2D eigenvalue weighted by Crippen LogP contribution is -2.45. The average molecular weight is 303 g/mol. The van der Waals surface area contributed by atoms with Crippen molar-refractivity contribution in [3.63, 3.8) is 0 Å². The van der Waals surface area contributed by atoms with Crippen LogP contribution in [0.25, 0.3) is 0 Å². The zero-order valence-electron chi connectivity index (χ0n) is 13.0. The Bertz CT molecular complexity index is 478. The molecule has 120 valence electrons. The lowest BCUT2D eigenvalue weighted by Gasteiger charge is -2.22. The number of carbonyl (C=O) groups excluding carboxylic acids is 1. The molecule has 0 saturated heterocycles. The van der Waals surface area contributed by atoms with Crippen molar-refractivity contribution >= 4 is 11.9 Å². The van der Waals surface area contributed by atoms with E-state index in [0.29, 0.717) is 6.42 Å². The second-order valence-corrected chi connectivity index (χ2v) is 6.13. The van der Waals surface area contributed by atoms with Crippen molar-refractivity contribution in [1.29, 1.82) is 0 Å². The van der Waals surface area contributed by atoms with E-state index >= 15 is 0 Å². The zero-order chi connectivity index (χ0) is 15.8. The van der Waals surface area contributed by atoms with E-state index < -0.39 is 12.0 Å². The largest absolute Gasteiger partial charge is 0.480 e. The Morgan fingerprint density at radius 2 is 1.64 bits per heavy atom. The molecule has 1 aliphatic rings. The van der Waals surface area contributed by atoms with Crippen LogP contribution < -0.4 is 5.32 Å². The van der Waals surface area contributed by atoms with E-state index in [-0.39, 0.29) is 11.8 Å². The van der Waals surface area contributed by atoms with Crippen LogP contribution in [0.5, 0.6) is 0 Å². The number of carboxylic acid groups (broad SMARTS) is 1. The molecular formula is C18H25NO3. The van der Waals surface area contributed by atoms with Crippen LogP contribution in [0.4, 0.5) is 0 Å². The summed E-state index contributed by atoms with van der Waals surface area (Å²) in [6.07, 6.45) is 7.82. The number of carbonyl (C=O) groups is 2. The van der Waals surface area contributed by atoms with Crippen molar-refractivity contribution < 1.29 is 14.7 Å². The maximum absolute atomic E-state index is 12.4. The summed E-state index contributed by atoms with van der Waals surface area (Å²) in [7, 11) is 0. The van der Waals surface area contributed by atoms with Crippen molar-refractivity contribution in [2.75, 3.05) is 0 Å². The van der Waals surface area contributed by atoms with E-state index in [2.05, 4.69) is 5.32 Å². The summed E-state index contributed by atoms with van der Waals surface area (Å²) in [5.74, 6) is -1.09. The van der Waals surface area contributed by atoms with Gasteiger partial charge in [0, 0.05) is 12.3 Å². The Hall–Kier alpha value is -1.84. The SMILES string of the molecule is O=C(N[C@H](Cc1ccccc1)C(=O)O)C1CCCCCCC1. The highest BCUT2D eigenvalue weighted by molar-refractivity contribution is 5.85. The van der Waals surface area contributed by atoms with Crippen LogP contribution in [0, 0.1) is 5.92 Å². The highest BCUT2D eigenvalue weighted by Crippen LogP contribution is 2.22. The number of aliphatic carboxylic acids is 1. The molecule has 1 fully saturated rings. The van der Waals surface area contributed by atoms with Gasteiger partial charge in [-0.25, -0.2) is 4.79 Å². The van der Waals surface area contributed by atoms with E-state index in [1.807, 2.05) is 30.3 Å². The van der Waals surface area contributed by atoms with Crippen molar-refractivity contribution in [2.45, 2.75) is 57.4 Å². The molecule has 0 aromatic heterocycles. The summed E-state index contributed by atoms with van der Waals surface area (Å²) in [6, 6.07) is 8.58. The van der Waals surface area contributed by atoms with Crippen LogP contribution in [0.3, 0.4) is 0 Å². The lowest BCUT2D eigenvalue weighted by atomic mass is 9.90. The highest BCUT2D eigenvalue weighted by atomic mass is 16.4. The molecule has 22 heavy (non-hydrogen) atoms. The van der Waals surface area contributed by atoms with E-state index in [1.165, 1.54) is 19.3 Å². The van der Waals surface area contributed by atoms with E-state index in [0.717, 1.165) is 31.2 Å². The molecule has 1 aliphatic carbocycles. The summed E-state index contributed by atoms with van der Waals surface area (Å²) in [5, 5.41) is 12.1. The summed E-state index contributed by atoms with van der Waals surface area (Å²) in [4.78, 5) is 23.8. The fourth-order valence-corrected chi connectivity index (χ4v) is 3.06. The summed E-state index contributed by atoms with van der Waals surface area (Å²) in [6.45, 7) is 0. The first-order chi connectivity index (χ1) is 10.7. The zero-order valence-corrected chi connectivity index (χ0v) is 13.0. The van der Waals surface area contributed by atoms with Gasteiger partial charge in [-0.05, 0) is 18.4 Å². The molecule has 0 bridgehead atoms. The molecule has 1 aromatic carbocycles. The number of rotatable bonds is 5. The van der Waals surface area contributed by atoms with Crippen molar-refractivity contribution in [3.8, 4) is 0 Å². The van der Waals surface area contributed by atoms with Crippen molar-refractivity contribution in [3.05, 3.63) is 35.9 Å². The molecule has 4 nitrogen and oxygen atoms in total. The third-order valence-electron chi connectivity index (χ3n) is 4.37. The average Bonchev–Trinajstić information content (AvgIpc) is 2.47. The van der Waals surface area contributed by atoms with Gasteiger partial charge in [0.25, 0.3) is 0 Å². The molecule has 1 atom stereocenters.